The molecule has 7 nitrogen and oxygen atoms in total. The second kappa shape index (κ2) is 10.7. The van der Waals surface area contributed by atoms with Crippen molar-refractivity contribution in [2.24, 2.45) is 0 Å². The third-order valence-corrected chi connectivity index (χ3v) is 4.45. The summed E-state index contributed by atoms with van der Waals surface area (Å²) in [6.07, 6.45) is -0.662. The Kier molecular flexibility index (Phi) is 7.70. The molecule has 1 unspecified atom stereocenters. The summed E-state index contributed by atoms with van der Waals surface area (Å²) in [7, 11) is 0. The van der Waals surface area contributed by atoms with Crippen molar-refractivity contribution in [1.82, 2.24) is 10.3 Å². The largest absolute Gasteiger partial charge is 0.491 e. The van der Waals surface area contributed by atoms with E-state index >= 15 is 0 Å². The Morgan fingerprint density at radius 3 is 2.57 bits per heavy atom. The van der Waals surface area contributed by atoms with E-state index in [9.17, 15) is 9.90 Å². The molecule has 7 heteroatoms. The van der Waals surface area contributed by atoms with Gasteiger partial charge in [0, 0.05) is 30.1 Å². The first kappa shape index (κ1) is 21.7. The van der Waals surface area contributed by atoms with Crippen molar-refractivity contribution in [2.75, 3.05) is 26.4 Å². The van der Waals surface area contributed by atoms with Gasteiger partial charge < -0.3 is 29.6 Å². The minimum atomic E-state index is -0.662. The van der Waals surface area contributed by atoms with Gasteiger partial charge in [-0.15, -0.1) is 0 Å². The topological polar surface area (TPSA) is 92.8 Å². The van der Waals surface area contributed by atoms with Gasteiger partial charge in [0.2, 0.25) is 5.56 Å². The SMILES string of the molecule is CCOc1ccc(CNCC(O)COc2ccc3[nH]c(=O)ccc3c2)cc1OCC. The zero-order valence-electron chi connectivity index (χ0n) is 17.3. The highest BCUT2D eigenvalue weighted by molar-refractivity contribution is 5.79. The Morgan fingerprint density at radius 1 is 0.967 bits per heavy atom. The first-order valence-corrected chi connectivity index (χ1v) is 10.1. The van der Waals surface area contributed by atoms with E-state index in [1.54, 1.807) is 18.2 Å². The predicted molar refractivity (Wildman–Crippen MR) is 117 cm³/mol. The number of rotatable bonds is 11. The van der Waals surface area contributed by atoms with Crippen LogP contribution in [-0.4, -0.2) is 42.6 Å². The van der Waals surface area contributed by atoms with E-state index in [1.807, 2.05) is 38.1 Å². The number of aliphatic hydroxyl groups is 1. The number of hydrogen-bond acceptors (Lipinski definition) is 6. The number of benzene rings is 2. The summed E-state index contributed by atoms with van der Waals surface area (Å²) in [6.45, 7) is 6.16. The molecule has 0 saturated carbocycles. The lowest BCUT2D eigenvalue weighted by atomic mass is 10.2. The maximum atomic E-state index is 11.3. The van der Waals surface area contributed by atoms with E-state index in [4.69, 9.17) is 14.2 Å². The molecule has 0 fully saturated rings. The van der Waals surface area contributed by atoms with Crippen molar-refractivity contribution in [1.29, 1.82) is 0 Å². The van der Waals surface area contributed by atoms with E-state index in [0.717, 1.165) is 28.0 Å². The summed E-state index contributed by atoms with van der Waals surface area (Å²) in [4.78, 5) is 14.1. The molecule has 3 N–H and O–H groups in total. The van der Waals surface area contributed by atoms with Gasteiger partial charge in [0.05, 0.1) is 13.2 Å². The number of H-pyrrole nitrogens is 1. The minimum Gasteiger partial charge on any atom is -0.491 e. The Balaban J connectivity index is 1.48. The van der Waals surface area contributed by atoms with Crippen molar-refractivity contribution < 1.29 is 19.3 Å². The highest BCUT2D eigenvalue weighted by atomic mass is 16.5. The number of aromatic nitrogens is 1. The summed E-state index contributed by atoms with van der Waals surface area (Å²) < 4.78 is 16.9. The maximum absolute atomic E-state index is 11.3. The zero-order valence-corrected chi connectivity index (χ0v) is 17.3. The minimum absolute atomic E-state index is 0.140. The maximum Gasteiger partial charge on any atom is 0.248 e. The van der Waals surface area contributed by atoms with Crippen LogP contribution in [0, 0.1) is 0 Å². The molecule has 0 spiro atoms. The normalized spacial score (nSPS) is 12.0. The van der Waals surface area contributed by atoms with E-state index in [2.05, 4.69) is 10.3 Å². The van der Waals surface area contributed by atoms with Gasteiger partial charge in [0.1, 0.15) is 18.5 Å². The molecule has 0 radical (unpaired) electrons. The van der Waals surface area contributed by atoms with Gasteiger partial charge in [-0.2, -0.15) is 0 Å². The average molecular weight is 412 g/mol. The molecule has 0 bridgehead atoms. The summed E-state index contributed by atoms with van der Waals surface area (Å²) in [5.74, 6) is 2.10. The highest BCUT2D eigenvalue weighted by Gasteiger charge is 2.08. The number of nitrogens with one attached hydrogen (secondary N) is 2. The fourth-order valence-electron chi connectivity index (χ4n) is 3.06. The van der Waals surface area contributed by atoms with Crippen molar-refractivity contribution in [3.8, 4) is 17.2 Å². The van der Waals surface area contributed by atoms with Crippen molar-refractivity contribution >= 4 is 10.9 Å². The number of aromatic amines is 1. The van der Waals surface area contributed by atoms with Crippen LogP contribution in [0.15, 0.2) is 53.3 Å². The van der Waals surface area contributed by atoms with Crippen LogP contribution in [0.3, 0.4) is 0 Å². The first-order valence-electron chi connectivity index (χ1n) is 10.1. The van der Waals surface area contributed by atoms with Gasteiger partial charge in [-0.05, 0) is 55.8 Å². The molecule has 160 valence electrons. The number of ether oxygens (including phenoxy) is 3. The van der Waals surface area contributed by atoms with Crippen LogP contribution in [0.1, 0.15) is 19.4 Å². The van der Waals surface area contributed by atoms with Crippen LogP contribution >= 0.6 is 0 Å². The quantitative estimate of drug-likeness (QED) is 0.449. The Hall–Kier alpha value is -3.03. The zero-order chi connectivity index (χ0) is 21.3. The van der Waals surface area contributed by atoms with Gasteiger partial charge in [-0.25, -0.2) is 0 Å². The van der Waals surface area contributed by atoms with Crippen LogP contribution in [0.5, 0.6) is 17.2 Å². The fourth-order valence-corrected chi connectivity index (χ4v) is 3.06. The van der Waals surface area contributed by atoms with Crippen LogP contribution in [0.25, 0.3) is 10.9 Å². The molecule has 3 rings (SSSR count). The molecule has 30 heavy (non-hydrogen) atoms. The van der Waals surface area contributed by atoms with Crippen molar-refractivity contribution in [3.63, 3.8) is 0 Å². The number of fused-ring (bicyclic) bond motifs is 1. The molecular weight excluding hydrogens is 384 g/mol. The fraction of sp³-hybridized carbons (Fsp3) is 0.348. The van der Waals surface area contributed by atoms with E-state index in [1.165, 1.54) is 6.07 Å². The Morgan fingerprint density at radius 2 is 1.77 bits per heavy atom. The molecule has 1 heterocycles. The Bertz CT molecular complexity index is 1020. The number of hydrogen-bond donors (Lipinski definition) is 3. The van der Waals surface area contributed by atoms with E-state index in [-0.39, 0.29) is 12.2 Å². The lowest BCUT2D eigenvalue weighted by Gasteiger charge is -2.15. The second-order valence-corrected chi connectivity index (χ2v) is 6.81. The summed E-state index contributed by atoms with van der Waals surface area (Å²) >= 11 is 0. The van der Waals surface area contributed by atoms with Gasteiger partial charge in [0.15, 0.2) is 11.5 Å². The molecule has 1 atom stereocenters. The van der Waals surface area contributed by atoms with Crippen LogP contribution < -0.4 is 25.1 Å². The number of pyridine rings is 1. The van der Waals surface area contributed by atoms with Gasteiger partial charge >= 0.3 is 0 Å². The van der Waals surface area contributed by atoms with Gasteiger partial charge in [0.25, 0.3) is 0 Å². The third-order valence-electron chi connectivity index (χ3n) is 4.45. The molecule has 0 amide bonds. The van der Waals surface area contributed by atoms with E-state index < -0.39 is 6.10 Å². The monoisotopic (exact) mass is 412 g/mol. The molecule has 3 aromatic rings. The molecule has 0 aliphatic heterocycles. The van der Waals surface area contributed by atoms with Crippen LogP contribution in [-0.2, 0) is 6.54 Å². The van der Waals surface area contributed by atoms with Crippen LogP contribution in [0.4, 0.5) is 0 Å². The second-order valence-electron chi connectivity index (χ2n) is 6.81. The number of aliphatic hydroxyl groups excluding tert-OH is 1. The molecule has 1 aromatic heterocycles. The Labute approximate surface area is 175 Å². The lowest BCUT2D eigenvalue weighted by molar-refractivity contribution is 0.106. The molecule has 2 aromatic carbocycles. The van der Waals surface area contributed by atoms with Crippen molar-refractivity contribution in [3.05, 3.63) is 64.4 Å². The molecule has 0 saturated heterocycles. The smallest absolute Gasteiger partial charge is 0.248 e. The highest BCUT2D eigenvalue weighted by Crippen LogP contribution is 2.28. The van der Waals surface area contributed by atoms with Crippen molar-refractivity contribution in [2.45, 2.75) is 26.5 Å². The van der Waals surface area contributed by atoms with Gasteiger partial charge in [-0.1, -0.05) is 6.07 Å². The van der Waals surface area contributed by atoms with Gasteiger partial charge in [-0.3, -0.25) is 4.79 Å². The lowest BCUT2D eigenvalue weighted by Crippen LogP contribution is -2.31. The molecule has 0 aliphatic carbocycles. The average Bonchev–Trinajstić information content (AvgIpc) is 2.74. The van der Waals surface area contributed by atoms with Crippen LogP contribution in [0.2, 0.25) is 0 Å². The summed E-state index contributed by atoms with van der Waals surface area (Å²) in [5.41, 5.74) is 1.65. The molecule has 0 aliphatic rings. The third kappa shape index (κ3) is 5.98. The summed E-state index contributed by atoms with van der Waals surface area (Å²) in [5, 5.41) is 14.3. The van der Waals surface area contributed by atoms with E-state index in [0.29, 0.717) is 32.1 Å². The molecular formula is C23H28N2O5. The predicted octanol–water partition coefficient (Wildman–Crippen LogP) is 2.86. The standard InChI is InChI=1S/C23H28N2O5/c1-3-28-21-9-5-16(11-22(21)29-4-2)13-24-14-18(26)15-30-19-7-8-20-17(12-19)6-10-23(27)25-20/h5-12,18,24,26H,3-4,13-15H2,1-2H3,(H,25,27). The first-order chi connectivity index (χ1) is 14.6. The summed E-state index contributed by atoms with van der Waals surface area (Å²) in [6, 6.07) is 14.4.